The topological polar surface area (TPSA) is 107 Å². The quantitative estimate of drug-likeness (QED) is 0.200. The molecule has 194 valence electrons. The largest absolute Gasteiger partial charge is 0.491 e. The van der Waals surface area contributed by atoms with E-state index in [0.717, 1.165) is 12.0 Å². The highest BCUT2D eigenvalue weighted by Crippen LogP contribution is 2.25. The zero-order valence-corrected chi connectivity index (χ0v) is 21.1. The molecule has 2 N–H and O–H groups in total. The Morgan fingerprint density at radius 1 is 0.912 bits per heavy atom. The molecule has 0 bridgehead atoms. The minimum absolute atomic E-state index is 0.0267. The van der Waals surface area contributed by atoms with Gasteiger partial charge < -0.3 is 24.6 Å². The number of pyridine rings is 1. The molecule has 1 aromatic heterocycles. The van der Waals surface area contributed by atoms with Crippen LogP contribution in [0.25, 0.3) is 0 Å². The molecule has 0 radical (unpaired) electrons. The van der Waals surface area contributed by atoms with Crippen LogP contribution < -0.4 is 14.8 Å². The summed E-state index contributed by atoms with van der Waals surface area (Å²) in [5, 5.41) is 10.7. The molecule has 0 fully saturated rings. The summed E-state index contributed by atoms with van der Waals surface area (Å²) in [5.41, 5.74) is 0.806. The Balaban J connectivity index is 2.05. The Hall–Kier alpha value is -2.35. The molecule has 0 aliphatic carbocycles. The zero-order chi connectivity index (χ0) is 24.9. The molecule has 0 aliphatic heterocycles. The number of carboxylic acid groups (broad SMARTS) is 1. The normalized spacial score (nSPS) is 10.8. The lowest BCUT2D eigenvalue weighted by Crippen LogP contribution is -2.32. The maximum atomic E-state index is 11.6. The number of ether oxygens (including phenoxy) is 3. The van der Waals surface area contributed by atoms with Crippen LogP contribution >= 0.6 is 0 Å². The number of carbonyl (C=O) groups excluding carboxylic acids is 1. The van der Waals surface area contributed by atoms with E-state index in [2.05, 4.69) is 17.2 Å². The summed E-state index contributed by atoms with van der Waals surface area (Å²) in [6.45, 7) is 2.82. The average Bonchev–Trinajstić information content (AvgIpc) is 2.83. The summed E-state index contributed by atoms with van der Waals surface area (Å²) in [6.07, 6.45) is 19.2. The van der Waals surface area contributed by atoms with Crippen LogP contribution in [0.15, 0.2) is 12.3 Å². The molecule has 0 unspecified atom stereocenters. The van der Waals surface area contributed by atoms with Crippen molar-refractivity contribution in [2.45, 2.75) is 103 Å². The molecule has 0 saturated heterocycles. The van der Waals surface area contributed by atoms with Gasteiger partial charge in [-0.15, -0.1) is 0 Å². The fourth-order valence-corrected chi connectivity index (χ4v) is 3.63. The van der Waals surface area contributed by atoms with E-state index in [4.69, 9.17) is 19.3 Å². The Morgan fingerprint density at radius 3 is 2.00 bits per heavy atom. The summed E-state index contributed by atoms with van der Waals surface area (Å²) in [6, 6.07) is 1.69. The SMILES string of the molecule is CCCCCCCCCCCCCCCCOCc1cnc(OC(=O)NCC(=O)O)c(OC)c1. The van der Waals surface area contributed by atoms with Crippen LogP contribution in [0.5, 0.6) is 11.6 Å². The van der Waals surface area contributed by atoms with Gasteiger partial charge in [-0.1, -0.05) is 90.4 Å². The summed E-state index contributed by atoms with van der Waals surface area (Å²) in [7, 11) is 1.44. The van der Waals surface area contributed by atoms with Gasteiger partial charge in [-0.3, -0.25) is 4.79 Å². The van der Waals surface area contributed by atoms with Crippen LogP contribution in [0.4, 0.5) is 4.79 Å². The Kier molecular flexibility index (Phi) is 17.5. The van der Waals surface area contributed by atoms with Crippen molar-refractivity contribution >= 4 is 12.1 Å². The molecule has 1 aromatic rings. The van der Waals surface area contributed by atoms with Gasteiger partial charge in [0.2, 0.25) is 0 Å². The van der Waals surface area contributed by atoms with E-state index in [9.17, 15) is 9.59 Å². The van der Waals surface area contributed by atoms with Crippen molar-refractivity contribution in [2.75, 3.05) is 20.3 Å². The number of nitrogens with one attached hydrogen (secondary N) is 1. The molecular formula is C26H44N2O6. The van der Waals surface area contributed by atoms with Gasteiger partial charge in [0.1, 0.15) is 6.54 Å². The first kappa shape index (κ1) is 29.7. The van der Waals surface area contributed by atoms with E-state index in [1.807, 2.05) is 0 Å². The van der Waals surface area contributed by atoms with E-state index in [-0.39, 0.29) is 11.6 Å². The van der Waals surface area contributed by atoms with Crippen molar-refractivity contribution in [1.29, 1.82) is 0 Å². The number of carbonyl (C=O) groups is 2. The second-order valence-corrected chi connectivity index (χ2v) is 8.64. The summed E-state index contributed by atoms with van der Waals surface area (Å²) in [4.78, 5) is 26.2. The molecule has 0 saturated carbocycles. The number of rotatable bonds is 21. The first-order valence-corrected chi connectivity index (χ1v) is 12.8. The number of aromatic nitrogens is 1. The third-order valence-corrected chi connectivity index (χ3v) is 5.58. The van der Waals surface area contributed by atoms with E-state index < -0.39 is 18.6 Å². The maximum absolute atomic E-state index is 11.6. The fraction of sp³-hybridized carbons (Fsp3) is 0.731. The van der Waals surface area contributed by atoms with Gasteiger partial charge in [-0.25, -0.2) is 9.78 Å². The molecule has 8 nitrogen and oxygen atoms in total. The van der Waals surface area contributed by atoms with Gasteiger partial charge in [0, 0.05) is 12.8 Å². The van der Waals surface area contributed by atoms with Gasteiger partial charge in [0.15, 0.2) is 5.75 Å². The third-order valence-electron chi connectivity index (χ3n) is 5.58. The Morgan fingerprint density at radius 2 is 1.47 bits per heavy atom. The van der Waals surface area contributed by atoms with E-state index >= 15 is 0 Å². The minimum atomic E-state index is -1.16. The van der Waals surface area contributed by atoms with Crippen LogP contribution in [-0.4, -0.2) is 42.4 Å². The van der Waals surface area contributed by atoms with Crippen molar-refractivity contribution in [3.8, 4) is 11.6 Å². The Labute approximate surface area is 204 Å². The van der Waals surface area contributed by atoms with Crippen LogP contribution in [0.3, 0.4) is 0 Å². The number of nitrogens with zero attached hydrogens (tertiary/aromatic N) is 1. The molecule has 8 heteroatoms. The fourth-order valence-electron chi connectivity index (χ4n) is 3.63. The highest BCUT2D eigenvalue weighted by Gasteiger charge is 2.13. The zero-order valence-electron chi connectivity index (χ0n) is 21.1. The van der Waals surface area contributed by atoms with E-state index in [1.54, 1.807) is 12.3 Å². The lowest BCUT2D eigenvalue weighted by Gasteiger charge is -2.10. The predicted molar refractivity (Wildman–Crippen MR) is 132 cm³/mol. The van der Waals surface area contributed by atoms with Crippen molar-refractivity contribution in [3.05, 3.63) is 17.8 Å². The lowest BCUT2D eigenvalue weighted by atomic mass is 10.0. The van der Waals surface area contributed by atoms with Crippen LogP contribution in [0.2, 0.25) is 0 Å². The number of hydrogen-bond donors (Lipinski definition) is 2. The highest BCUT2D eigenvalue weighted by atomic mass is 16.6. The molecule has 34 heavy (non-hydrogen) atoms. The van der Waals surface area contributed by atoms with Gasteiger partial charge >= 0.3 is 12.1 Å². The van der Waals surface area contributed by atoms with E-state index in [1.165, 1.54) is 90.6 Å². The van der Waals surface area contributed by atoms with Crippen LogP contribution in [0.1, 0.15) is 102 Å². The second kappa shape index (κ2) is 20.1. The smallest absolute Gasteiger partial charge is 0.414 e. The number of hydrogen-bond acceptors (Lipinski definition) is 6. The van der Waals surface area contributed by atoms with Crippen molar-refractivity contribution < 1.29 is 28.9 Å². The number of carboxylic acids is 1. The molecule has 1 amide bonds. The molecule has 1 rings (SSSR count). The lowest BCUT2D eigenvalue weighted by molar-refractivity contribution is -0.135. The van der Waals surface area contributed by atoms with Gasteiger partial charge in [-0.05, 0) is 18.1 Å². The second-order valence-electron chi connectivity index (χ2n) is 8.64. The van der Waals surface area contributed by atoms with Crippen molar-refractivity contribution in [1.82, 2.24) is 10.3 Å². The molecule has 0 aromatic carbocycles. The van der Waals surface area contributed by atoms with Gasteiger partial charge in [0.25, 0.3) is 5.88 Å². The Bertz CT molecular complexity index is 683. The first-order chi connectivity index (χ1) is 16.6. The van der Waals surface area contributed by atoms with E-state index in [0.29, 0.717) is 13.2 Å². The average molecular weight is 481 g/mol. The number of unbranched alkanes of at least 4 members (excludes halogenated alkanes) is 13. The van der Waals surface area contributed by atoms with Crippen molar-refractivity contribution in [3.63, 3.8) is 0 Å². The number of methoxy groups -OCH3 is 1. The third kappa shape index (κ3) is 15.5. The maximum Gasteiger partial charge on any atom is 0.414 e. The number of amides is 1. The van der Waals surface area contributed by atoms with Crippen LogP contribution in [0, 0.1) is 0 Å². The van der Waals surface area contributed by atoms with Gasteiger partial charge in [-0.2, -0.15) is 0 Å². The number of aliphatic carboxylic acids is 1. The minimum Gasteiger partial charge on any atom is -0.491 e. The standard InChI is InChI=1S/C26H44N2O6/c1-3-4-5-6-7-8-9-10-11-12-13-14-15-16-17-33-21-22-18-23(32-2)25(27-19-22)34-26(31)28-20-24(29)30/h18-19H,3-17,20-21H2,1-2H3,(H,28,31)(H,29,30). The summed E-state index contributed by atoms with van der Waals surface area (Å²) >= 11 is 0. The highest BCUT2D eigenvalue weighted by molar-refractivity contribution is 5.77. The predicted octanol–water partition coefficient (Wildman–Crippen LogP) is 6.26. The molecule has 0 aliphatic rings. The molecule has 1 heterocycles. The molecular weight excluding hydrogens is 436 g/mol. The first-order valence-electron chi connectivity index (χ1n) is 12.8. The monoisotopic (exact) mass is 480 g/mol. The van der Waals surface area contributed by atoms with Crippen LogP contribution in [-0.2, 0) is 16.1 Å². The molecule has 0 spiro atoms. The summed E-state index contributed by atoms with van der Waals surface area (Å²) in [5.74, 6) is -0.910. The molecule has 0 atom stereocenters. The van der Waals surface area contributed by atoms with Gasteiger partial charge in [0.05, 0.1) is 13.7 Å². The summed E-state index contributed by atoms with van der Waals surface area (Å²) < 4.78 is 15.9. The van der Waals surface area contributed by atoms with Crippen molar-refractivity contribution in [2.24, 2.45) is 0 Å².